The Morgan fingerprint density at radius 1 is 1.36 bits per heavy atom. The second-order valence-corrected chi connectivity index (χ2v) is 3.95. The molecule has 0 aliphatic rings. The van der Waals surface area contributed by atoms with Crippen molar-refractivity contribution >= 4 is 21.9 Å². The maximum Gasteiger partial charge on any atom is 0.311 e. The van der Waals surface area contributed by atoms with Gasteiger partial charge in [-0.25, -0.2) is 0 Å². The van der Waals surface area contributed by atoms with Gasteiger partial charge in [0.1, 0.15) is 5.75 Å². The van der Waals surface area contributed by atoms with Crippen molar-refractivity contribution in [1.82, 2.24) is 0 Å². The maximum absolute atomic E-state index is 11.2. The molecule has 1 aromatic carbocycles. The van der Waals surface area contributed by atoms with Crippen LogP contribution in [0.25, 0.3) is 0 Å². The van der Waals surface area contributed by atoms with Crippen LogP contribution in [0.3, 0.4) is 0 Å². The second kappa shape index (κ2) is 5.81. The fourth-order valence-corrected chi connectivity index (χ4v) is 1.27. The van der Waals surface area contributed by atoms with Crippen molar-refractivity contribution in [2.45, 2.75) is 26.2 Å². The number of unbranched alkanes of at least 4 members (excludes halogenated alkanes) is 1. The number of carbonyl (C=O) groups excluding carboxylic acids is 1. The highest BCUT2D eigenvalue weighted by molar-refractivity contribution is 9.10. The van der Waals surface area contributed by atoms with Crippen molar-refractivity contribution in [1.29, 1.82) is 0 Å². The number of esters is 1. The van der Waals surface area contributed by atoms with Crippen molar-refractivity contribution < 1.29 is 9.53 Å². The third-order valence-corrected chi connectivity index (χ3v) is 2.31. The molecule has 0 heterocycles. The first-order valence-electron chi connectivity index (χ1n) is 4.68. The van der Waals surface area contributed by atoms with Crippen LogP contribution in [0.5, 0.6) is 5.75 Å². The third-order valence-electron chi connectivity index (χ3n) is 1.78. The minimum absolute atomic E-state index is 0.158. The molecule has 0 amide bonds. The lowest BCUT2D eigenvalue weighted by Gasteiger charge is -2.03. The summed E-state index contributed by atoms with van der Waals surface area (Å²) >= 11 is 3.31. The minimum atomic E-state index is -0.158. The van der Waals surface area contributed by atoms with E-state index in [4.69, 9.17) is 4.74 Å². The van der Waals surface area contributed by atoms with Crippen LogP contribution >= 0.6 is 15.9 Å². The number of rotatable bonds is 4. The van der Waals surface area contributed by atoms with Gasteiger partial charge in [0.2, 0.25) is 0 Å². The van der Waals surface area contributed by atoms with Gasteiger partial charge in [-0.3, -0.25) is 4.79 Å². The van der Waals surface area contributed by atoms with E-state index in [-0.39, 0.29) is 5.97 Å². The molecule has 0 aliphatic heterocycles. The summed E-state index contributed by atoms with van der Waals surface area (Å²) < 4.78 is 6.09. The van der Waals surface area contributed by atoms with Gasteiger partial charge in [-0.1, -0.05) is 29.3 Å². The fourth-order valence-electron chi connectivity index (χ4n) is 1.01. The van der Waals surface area contributed by atoms with Crippen LogP contribution in [-0.4, -0.2) is 5.97 Å². The summed E-state index contributed by atoms with van der Waals surface area (Å²) in [6.45, 7) is 2.05. The van der Waals surface area contributed by atoms with Crippen LogP contribution < -0.4 is 4.74 Å². The monoisotopic (exact) mass is 256 g/mol. The lowest BCUT2D eigenvalue weighted by molar-refractivity contribution is -0.134. The average Bonchev–Trinajstić information content (AvgIpc) is 2.18. The van der Waals surface area contributed by atoms with Crippen molar-refractivity contribution in [3.63, 3.8) is 0 Å². The minimum Gasteiger partial charge on any atom is -0.427 e. The van der Waals surface area contributed by atoms with E-state index in [2.05, 4.69) is 15.9 Å². The smallest absolute Gasteiger partial charge is 0.311 e. The number of ether oxygens (including phenoxy) is 1. The van der Waals surface area contributed by atoms with E-state index >= 15 is 0 Å². The van der Waals surface area contributed by atoms with E-state index in [9.17, 15) is 4.79 Å². The molecule has 0 fully saturated rings. The molecular weight excluding hydrogens is 244 g/mol. The maximum atomic E-state index is 11.2. The number of hydrogen-bond acceptors (Lipinski definition) is 2. The summed E-state index contributed by atoms with van der Waals surface area (Å²) in [5.41, 5.74) is 0. The molecule has 0 aliphatic carbocycles. The van der Waals surface area contributed by atoms with Crippen LogP contribution in [0, 0.1) is 0 Å². The van der Waals surface area contributed by atoms with Crippen molar-refractivity contribution in [3.05, 3.63) is 28.7 Å². The lowest BCUT2D eigenvalue weighted by atomic mass is 10.2. The molecule has 14 heavy (non-hydrogen) atoms. The van der Waals surface area contributed by atoms with Gasteiger partial charge in [0.15, 0.2) is 0 Å². The summed E-state index contributed by atoms with van der Waals surface area (Å²) in [5.74, 6) is 0.448. The zero-order valence-electron chi connectivity index (χ0n) is 8.13. The summed E-state index contributed by atoms with van der Waals surface area (Å²) in [7, 11) is 0. The summed E-state index contributed by atoms with van der Waals surface area (Å²) in [6, 6.07) is 7.24. The van der Waals surface area contributed by atoms with E-state index in [1.165, 1.54) is 0 Å². The SMILES string of the molecule is CCCCC(=O)Oc1ccc(Br)cc1. The average molecular weight is 257 g/mol. The van der Waals surface area contributed by atoms with Crippen LogP contribution in [0.4, 0.5) is 0 Å². The topological polar surface area (TPSA) is 26.3 Å². The van der Waals surface area contributed by atoms with Crippen LogP contribution in [0.1, 0.15) is 26.2 Å². The number of halogens is 1. The Kier molecular flexibility index (Phi) is 4.66. The van der Waals surface area contributed by atoms with Gasteiger partial charge < -0.3 is 4.74 Å². The molecule has 0 saturated heterocycles. The highest BCUT2D eigenvalue weighted by Crippen LogP contribution is 2.16. The summed E-state index contributed by atoms with van der Waals surface area (Å²) in [6.07, 6.45) is 2.39. The Labute approximate surface area is 92.4 Å². The summed E-state index contributed by atoms with van der Waals surface area (Å²) in [4.78, 5) is 11.2. The Morgan fingerprint density at radius 3 is 2.57 bits per heavy atom. The quantitative estimate of drug-likeness (QED) is 0.609. The predicted octanol–water partition coefficient (Wildman–Crippen LogP) is 3.54. The van der Waals surface area contributed by atoms with E-state index in [1.54, 1.807) is 12.1 Å². The molecule has 0 unspecified atom stereocenters. The van der Waals surface area contributed by atoms with Crippen LogP contribution in [0.15, 0.2) is 28.7 Å². The number of benzene rings is 1. The zero-order valence-corrected chi connectivity index (χ0v) is 9.71. The molecule has 2 nitrogen and oxygen atoms in total. The second-order valence-electron chi connectivity index (χ2n) is 3.03. The van der Waals surface area contributed by atoms with Crippen LogP contribution in [0.2, 0.25) is 0 Å². The van der Waals surface area contributed by atoms with E-state index in [0.29, 0.717) is 12.2 Å². The zero-order chi connectivity index (χ0) is 10.4. The van der Waals surface area contributed by atoms with Crippen molar-refractivity contribution in [2.75, 3.05) is 0 Å². The van der Waals surface area contributed by atoms with Gasteiger partial charge >= 0.3 is 5.97 Å². The van der Waals surface area contributed by atoms with E-state index in [1.807, 2.05) is 19.1 Å². The van der Waals surface area contributed by atoms with Gasteiger partial charge in [0, 0.05) is 10.9 Å². The van der Waals surface area contributed by atoms with E-state index in [0.717, 1.165) is 17.3 Å². The number of hydrogen-bond donors (Lipinski definition) is 0. The first kappa shape index (κ1) is 11.2. The Balaban J connectivity index is 2.44. The molecule has 3 heteroatoms. The molecule has 0 saturated carbocycles. The molecule has 0 bridgehead atoms. The van der Waals surface area contributed by atoms with Gasteiger partial charge in [-0.15, -0.1) is 0 Å². The number of carbonyl (C=O) groups is 1. The van der Waals surface area contributed by atoms with Crippen LogP contribution in [-0.2, 0) is 4.79 Å². The summed E-state index contributed by atoms with van der Waals surface area (Å²) in [5, 5.41) is 0. The first-order chi connectivity index (χ1) is 6.72. The molecule has 0 N–H and O–H groups in total. The molecule has 0 spiro atoms. The molecule has 76 valence electrons. The Morgan fingerprint density at radius 2 is 2.00 bits per heavy atom. The molecule has 0 atom stereocenters. The van der Waals surface area contributed by atoms with Gasteiger partial charge in [-0.05, 0) is 30.7 Å². The van der Waals surface area contributed by atoms with Gasteiger partial charge in [0.05, 0.1) is 0 Å². The van der Waals surface area contributed by atoms with Crippen molar-refractivity contribution in [2.24, 2.45) is 0 Å². The van der Waals surface area contributed by atoms with E-state index < -0.39 is 0 Å². The molecular formula is C11H13BrO2. The Hall–Kier alpha value is -0.830. The Bertz CT molecular complexity index is 293. The van der Waals surface area contributed by atoms with Gasteiger partial charge in [0.25, 0.3) is 0 Å². The predicted molar refractivity (Wildman–Crippen MR) is 59.3 cm³/mol. The molecule has 1 rings (SSSR count). The molecule has 0 aromatic heterocycles. The first-order valence-corrected chi connectivity index (χ1v) is 5.48. The van der Waals surface area contributed by atoms with Crippen molar-refractivity contribution in [3.8, 4) is 5.75 Å². The highest BCUT2D eigenvalue weighted by atomic mass is 79.9. The molecule has 1 aromatic rings. The lowest BCUT2D eigenvalue weighted by Crippen LogP contribution is -2.06. The van der Waals surface area contributed by atoms with Gasteiger partial charge in [-0.2, -0.15) is 0 Å². The standard InChI is InChI=1S/C11H13BrO2/c1-2-3-4-11(13)14-10-7-5-9(12)6-8-10/h5-8H,2-4H2,1H3. The molecule has 0 radical (unpaired) electrons. The third kappa shape index (κ3) is 3.92. The highest BCUT2D eigenvalue weighted by Gasteiger charge is 2.03. The normalized spacial score (nSPS) is 9.86. The fraction of sp³-hybridized carbons (Fsp3) is 0.364. The largest absolute Gasteiger partial charge is 0.427 e.